The highest BCUT2D eigenvalue weighted by Crippen LogP contribution is 2.21. The van der Waals surface area contributed by atoms with Crippen molar-refractivity contribution in [2.75, 3.05) is 33.8 Å². The average Bonchev–Trinajstić information content (AvgIpc) is 2.19. The van der Waals surface area contributed by atoms with Gasteiger partial charge in [-0.2, -0.15) is 0 Å². The van der Waals surface area contributed by atoms with Crippen LogP contribution in [0.25, 0.3) is 0 Å². The molecule has 0 bridgehead atoms. The fourth-order valence-corrected chi connectivity index (χ4v) is 1.75. The van der Waals surface area contributed by atoms with Crippen LogP contribution < -0.4 is 0 Å². The lowest BCUT2D eigenvalue weighted by Crippen LogP contribution is -2.62. The molecule has 0 aromatic carbocycles. The van der Waals surface area contributed by atoms with E-state index in [1.807, 2.05) is 18.7 Å². The number of carbonyl (C=O) groups is 2. The molecular weight excluding hydrogens is 196 g/mol. The lowest BCUT2D eigenvalue weighted by molar-refractivity contribution is -0.153. The van der Waals surface area contributed by atoms with Crippen LogP contribution in [0.3, 0.4) is 0 Å². The number of hydrogen-bond donors (Lipinski definition) is 0. The monoisotopic (exact) mass is 214 g/mol. The molecular formula is C10H18N2O3. The van der Waals surface area contributed by atoms with Gasteiger partial charge in [-0.3, -0.25) is 14.5 Å². The molecule has 1 amide bonds. The van der Waals surface area contributed by atoms with Crippen molar-refractivity contribution in [3.63, 3.8) is 0 Å². The maximum Gasteiger partial charge on any atom is 0.319 e. The van der Waals surface area contributed by atoms with Crippen molar-refractivity contribution in [1.29, 1.82) is 0 Å². The number of nitrogens with zero attached hydrogens (tertiary/aromatic N) is 2. The second-order valence-electron chi connectivity index (χ2n) is 4.28. The van der Waals surface area contributed by atoms with Gasteiger partial charge in [-0.15, -0.1) is 0 Å². The van der Waals surface area contributed by atoms with Crippen LogP contribution in [-0.4, -0.2) is 61.0 Å². The zero-order chi connectivity index (χ0) is 11.6. The van der Waals surface area contributed by atoms with Gasteiger partial charge in [0.25, 0.3) is 0 Å². The Kier molecular flexibility index (Phi) is 3.34. The zero-order valence-corrected chi connectivity index (χ0v) is 9.74. The number of hydrogen-bond acceptors (Lipinski definition) is 4. The summed E-state index contributed by atoms with van der Waals surface area (Å²) < 4.78 is 4.60. The molecule has 0 aliphatic carbocycles. The van der Waals surface area contributed by atoms with E-state index in [2.05, 4.69) is 4.74 Å². The van der Waals surface area contributed by atoms with Crippen molar-refractivity contribution in [3.05, 3.63) is 0 Å². The first kappa shape index (κ1) is 12.0. The predicted octanol–water partition coefficient (Wildman–Crippen LogP) is -0.288. The molecule has 0 spiro atoms. The molecule has 0 unspecified atom stereocenters. The number of carbonyl (C=O) groups excluding carboxylic acids is 2. The first-order valence-corrected chi connectivity index (χ1v) is 4.97. The molecule has 0 aromatic rings. The highest BCUT2D eigenvalue weighted by Gasteiger charge is 2.41. The quantitative estimate of drug-likeness (QED) is 0.593. The van der Waals surface area contributed by atoms with Crippen LogP contribution >= 0.6 is 0 Å². The van der Waals surface area contributed by atoms with Crippen LogP contribution in [0, 0.1) is 0 Å². The Bertz CT molecular complexity index is 276. The molecule has 0 atom stereocenters. The van der Waals surface area contributed by atoms with Gasteiger partial charge in [0.2, 0.25) is 5.91 Å². The maximum absolute atomic E-state index is 11.9. The van der Waals surface area contributed by atoms with Gasteiger partial charge in [-0.1, -0.05) is 0 Å². The normalized spacial score (nSPS) is 21.6. The lowest BCUT2D eigenvalue weighted by atomic mass is 9.98. The summed E-state index contributed by atoms with van der Waals surface area (Å²) in [5, 5.41) is 0. The summed E-state index contributed by atoms with van der Waals surface area (Å²) in [7, 11) is 3.13. The fourth-order valence-electron chi connectivity index (χ4n) is 1.75. The van der Waals surface area contributed by atoms with E-state index in [9.17, 15) is 9.59 Å². The maximum atomic E-state index is 11.9. The zero-order valence-electron chi connectivity index (χ0n) is 9.74. The van der Waals surface area contributed by atoms with Gasteiger partial charge in [-0.05, 0) is 13.8 Å². The summed E-state index contributed by atoms with van der Waals surface area (Å²) in [4.78, 5) is 26.6. The third-order valence-corrected chi connectivity index (χ3v) is 2.91. The molecule has 0 N–H and O–H groups in total. The molecule has 1 rings (SSSR count). The second-order valence-corrected chi connectivity index (χ2v) is 4.28. The van der Waals surface area contributed by atoms with E-state index in [1.54, 1.807) is 11.9 Å². The van der Waals surface area contributed by atoms with Gasteiger partial charge in [-0.25, -0.2) is 0 Å². The average molecular weight is 214 g/mol. The first-order valence-electron chi connectivity index (χ1n) is 4.97. The molecule has 0 saturated carbocycles. The van der Waals surface area contributed by atoms with Crippen molar-refractivity contribution >= 4 is 11.9 Å². The number of piperazine rings is 1. The van der Waals surface area contributed by atoms with E-state index in [0.29, 0.717) is 13.1 Å². The summed E-state index contributed by atoms with van der Waals surface area (Å²) in [6.07, 6.45) is 0. The van der Waals surface area contributed by atoms with E-state index in [1.165, 1.54) is 7.11 Å². The van der Waals surface area contributed by atoms with E-state index < -0.39 is 5.54 Å². The summed E-state index contributed by atoms with van der Waals surface area (Å²) in [6.45, 7) is 5.18. The third-order valence-electron chi connectivity index (χ3n) is 2.91. The van der Waals surface area contributed by atoms with Gasteiger partial charge >= 0.3 is 5.97 Å². The second kappa shape index (κ2) is 4.18. The Balaban J connectivity index is 2.74. The van der Waals surface area contributed by atoms with E-state index in [0.717, 1.165) is 0 Å². The molecule has 15 heavy (non-hydrogen) atoms. The van der Waals surface area contributed by atoms with Crippen LogP contribution in [-0.2, 0) is 14.3 Å². The van der Waals surface area contributed by atoms with E-state index in [-0.39, 0.29) is 18.4 Å². The number of esters is 1. The third kappa shape index (κ3) is 2.28. The standard InChI is InChI=1S/C10H18N2O3/c1-10(2)9(14)11(3)5-6-12(10)7-8(13)15-4/h5-7H2,1-4H3. The molecule has 5 nitrogen and oxygen atoms in total. The highest BCUT2D eigenvalue weighted by molar-refractivity contribution is 5.86. The Morgan fingerprint density at radius 1 is 1.47 bits per heavy atom. The van der Waals surface area contributed by atoms with E-state index in [4.69, 9.17) is 0 Å². The van der Waals surface area contributed by atoms with Crippen molar-refractivity contribution in [2.45, 2.75) is 19.4 Å². The Morgan fingerprint density at radius 3 is 2.60 bits per heavy atom. The Labute approximate surface area is 90.0 Å². The van der Waals surface area contributed by atoms with Gasteiger partial charge in [0, 0.05) is 20.1 Å². The van der Waals surface area contributed by atoms with Crippen molar-refractivity contribution in [2.24, 2.45) is 0 Å². The summed E-state index contributed by atoms with van der Waals surface area (Å²) in [6, 6.07) is 0. The Hall–Kier alpha value is -1.10. The van der Waals surface area contributed by atoms with Crippen LogP contribution in [0.2, 0.25) is 0 Å². The van der Waals surface area contributed by atoms with Gasteiger partial charge in [0.1, 0.15) is 0 Å². The summed E-state index contributed by atoms with van der Waals surface area (Å²) in [5.41, 5.74) is -0.624. The molecule has 1 fully saturated rings. The fraction of sp³-hybridized carbons (Fsp3) is 0.800. The summed E-state index contributed by atoms with van der Waals surface area (Å²) >= 11 is 0. The number of amides is 1. The molecule has 1 aliphatic rings. The van der Waals surface area contributed by atoms with Crippen LogP contribution in [0.15, 0.2) is 0 Å². The predicted molar refractivity (Wildman–Crippen MR) is 55.3 cm³/mol. The van der Waals surface area contributed by atoms with Crippen LogP contribution in [0.5, 0.6) is 0 Å². The van der Waals surface area contributed by atoms with Crippen molar-refractivity contribution in [3.8, 4) is 0 Å². The summed E-state index contributed by atoms with van der Waals surface area (Å²) in [5.74, 6) is -0.266. The minimum atomic E-state index is -0.624. The highest BCUT2D eigenvalue weighted by atomic mass is 16.5. The minimum absolute atomic E-state index is 0.0395. The number of methoxy groups -OCH3 is 1. The molecule has 1 saturated heterocycles. The molecule has 0 aromatic heterocycles. The largest absolute Gasteiger partial charge is 0.468 e. The number of ether oxygens (including phenoxy) is 1. The van der Waals surface area contributed by atoms with Crippen molar-refractivity contribution in [1.82, 2.24) is 9.80 Å². The molecule has 5 heteroatoms. The van der Waals surface area contributed by atoms with Crippen LogP contribution in [0.4, 0.5) is 0 Å². The van der Waals surface area contributed by atoms with Gasteiger partial charge in [0.05, 0.1) is 19.2 Å². The Morgan fingerprint density at radius 2 is 2.07 bits per heavy atom. The molecule has 1 heterocycles. The van der Waals surface area contributed by atoms with Crippen molar-refractivity contribution < 1.29 is 14.3 Å². The minimum Gasteiger partial charge on any atom is -0.468 e. The number of likely N-dealkylation sites (N-methyl/N-ethyl adjacent to an activating group) is 1. The molecule has 86 valence electrons. The van der Waals surface area contributed by atoms with Gasteiger partial charge < -0.3 is 9.64 Å². The van der Waals surface area contributed by atoms with Gasteiger partial charge in [0.15, 0.2) is 0 Å². The first-order chi connectivity index (χ1) is 6.89. The van der Waals surface area contributed by atoms with Crippen LogP contribution in [0.1, 0.15) is 13.8 Å². The number of rotatable bonds is 2. The smallest absolute Gasteiger partial charge is 0.319 e. The molecule has 1 aliphatic heterocycles. The molecule has 0 radical (unpaired) electrons. The lowest BCUT2D eigenvalue weighted by Gasteiger charge is -2.44. The SMILES string of the molecule is COC(=O)CN1CCN(C)C(=O)C1(C)C. The van der Waals surface area contributed by atoms with E-state index >= 15 is 0 Å². The topological polar surface area (TPSA) is 49.9 Å².